The molecule has 1 atom stereocenters. The summed E-state index contributed by atoms with van der Waals surface area (Å²) in [7, 11) is -3.49. The number of sulfonamides is 1. The molecular weight excluding hydrogens is 450 g/mol. The minimum Gasteiger partial charge on any atom is -0.208 e. The highest BCUT2D eigenvalue weighted by molar-refractivity contribution is 9.11. The highest BCUT2D eigenvalue weighted by Crippen LogP contribution is 2.25. The summed E-state index contributed by atoms with van der Waals surface area (Å²) in [5.41, 5.74) is 0. The predicted octanol–water partition coefficient (Wildman–Crippen LogP) is 4.05. The van der Waals surface area contributed by atoms with E-state index in [4.69, 9.17) is 0 Å². The predicted molar refractivity (Wildman–Crippen MR) is 84.7 cm³/mol. The molecule has 1 rings (SSSR count). The second-order valence-electron chi connectivity index (χ2n) is 3.93. The summed E-state index contributed by atoms with van der Waals surface area (Å²) >= 11 is 9.87. The van der Waals surface area contributed by atoms with E-state index in [0.29, 0.717) is 4.47 Å². The van der Waals surface area contributed by atoms with Gasteiger partial charge in [-0.3, -0.25) is 0 Å². The van der Waals surface area contributed by atoms with Crippen molar-refractivity contribution in [2.75, 3.05) is 5.33 Å². The van der Waals surface area contributed by atoms with Crippen molar-refractivity contribution in [3.63, 3.8) is 0 Å². The van der Waals surface area contributed by atoms with Gasteiger partial charge in [0.25, 0.3) is 0 Å². The molecule has 0 bridgehead atoms. The Morgan fingerprint density at radius 1 is 1.33 bits per heavy atom. The van der Waals surface area contributed by atoms with Crippen LogP contribution in [0.15, 0.2) is 32.0 Å². The lowest BCUT2D eigenvalue weighted by molar-refractivity contribution is 0.544. The molecule has 18 heavy (non-hydrogen) atoms. The van der Waals surface area contributed by atoms with E-state index in [9.17, 15) is 8.42 Å². The van der Waals surface area contributed by atoms with Crippen molar-refractivity contribution < 1.29 is 8.42 Å². The molecule has 1 unspecified atom stereocenters. The Morgan fingerprint density at radius 3 is 2.61 bits per heavy atom. The summed E-state index contributed by atoms with van der Waals surface area (Å²) in [5.74, 6) is 0. The van der Waals surface area contributed by atoms with Crippen molar-refractivity contribution in [2.24, 2.45) is 0 Å². The number of rotatable bonds is 6. The molecule has 7 heteroatoms. The van der Waals surface area contributed by atoms with Crippen molar-refractivity contribution in [3.8, 4) is 0 Å². The fourth-order valence-corrected chi connectivity index (χ4v) is 4.56. The maximum absolute atomic E-state index is 12.2. The van der Waals surface area contributed by atoms with Crippen molar-refractivity contribution >= 4 is 57.8 Å². The van der Waals surface area contributed by atoms with Gasteiger partial charge in [-0.2, -0.15) is 0 Å². The number of hydrogen-bond donors (Lipinski definition) is 1. The molecule has 0 fully saturated rings. The van der Waals surface area contributed by atoms with Crippen LogP contribution in [-0.2, 0) is 10.0 Å². The lowest BCUT2D eigenvalue weighted by Crippen LogP contribution is -2.32. The molecule has 0 saturated heterocycles. The van der Waals surface area contributed by atoms with Crippen molar-refractivity contribution in [1.82, 2.24) is 4.72 Å². The standard InChI is InChI=1S/C11H14Br3NO2S/c1-8(3-2-6-12)15-18(16,17)11-7-9(13)4-5-10(11)14/h4-5,7-8,15H,2-3,6H2,1H3. The zero-order chi connectivity index (χ0) is 13.8. The number of benzene rings is 1. The molecule has 0 aliphatic rings. The molecule has 0 spiro atoms. The highest BCUT2D eigenvalue weighted by Gasteiger charge is 2.20. The van der Waals surface area contributed by atoms with Gasteiger partial charge < -0.3 is 0 Å². The SMILES string of the molecule is CC(CCCBr)NS(=O)(=O)c1cc(Br)ccc1Br. The summed E-state index contributed by atoms with van der Waals surface area (Å²) < 4.78 is 28.4. The molecule has 0 heterocycles. The zero-order valence-electron chi connectivity index (χ0n) is 9.79. The maximum atomic E-state index is 12.2. The van der Waals surface area contributed by atoms with Gasteiger partial charge in [0.15, 0.2) is 0 Å². The molecule has 0 aliphatic heterocycles. The van der Waals surface area contributed by atoms with Crippen LogP contribution in [0.1, 0.15) is 19.8 Å². The van der Waals surface area contributed by atoms with Crippen LogP contribution in [0.4, 0.5) is 0 Å². The third kappa shape index (κ3) is 4.92. The Bertz CT molecular complexity index is 505. The molecule has 1 aromatic rings. The first-order chi connectivity index (χ1) is 8.36. The number of nitrogens with one attached hydrogen (secondary N) is 1. The molecule has 0 saturated carbocycles. The zero-order valence-corrected chi connectivity index (χ0v) is 15.4. The van der Waals surface area contributed by atoms with E-state index < -0.39 is 10.0 Å². The van der Waals surface area contributed by atoms with Crippen molar-refractivity contribution in [2.45, 2.75) is 30.7 Å². The van der Waals surface area contributed by atoms with Crippen LogP contribution in [0.2, 0.25) is 0 Å². The van der Waals surface area contributed by atoms with Crippen LogP contribution < -0.4 is 4.72 Å². The average Bonchev–Trinajstić information content (AvgIpc) is 2.29. The molecule has 0 aliphatic carbocycles. The van der Waals surface area contributed by atoms with Gasteiger partial charge in [-0.05, 0) is 53.9 Å². The average molecular weight is 464 g/mol. The van der Waals surface area contributed by atoms with Crippen LogP contribution >= 0.6 is 47.8 Å². The van der Waals surface area contributed by atoms with Crippen LogP contribution in [0.3, 0.4) is 0 Å². The molecule has 3 nitrogen and oxygen atoms in total. The lowest BCUT2D eigenvalue weighted by atomic mass is 10.2. The van der Waals surface area contributed by atoms with E-state index in [2.05, 4.69) is 52.5 Å². The Labute approximate surface area is 133 Å². The first-order valence-corrected chi connectivity index (χ1v) is 9.59. The molecule has 0 radical (unpaired) electrons. The van der Waals surface area contributed by atoms with E-state index in [1.165, 1.54) is 0 Å². The molecule has 102 valence electrons. The second kappa shape index (κ2) is 7.38. The minimum atomic E-state index is -3.49. The van der Waals surface area contributed by atoms with E-state index in [-0.39, 0.29) is 10.9 Å². The van der Waals surface area contributed by atoms with E-state index in [0.717, 1.165) is 22.6 Å². The largest absolute Gasteiger partial charge is 0.241 e. The van der Waals surface area contributed by atoms with Gasteiger partial charge in [-0.1, -0.05) is 31.9 Å². The third-order valence-electron chi connectivity index (χ3n) is 2.31. The topological polar surface area (TPSA) is 46.2 Å². The molecule has 0 aromatic heterocycles. The van der Waals surface area contributed by atoms with Gasteiger partial charge in [0.2, 0.25) is 10.0 Å². The van der Waals surface area contributed by atoms with Crippen LogP contribution in [0.25, 0.3) is 0 Å². The monoisotopic (exact) mass is 461 g/mol. The Kier molecular flexibility index (Phi) is 6.81. The van der Waals surface area contributed by atoms with Gasteiger partial charge >= 0.3 is 0 Å². The van der Waals surface area contributed by atoms with Gasteiger partial charge in [0.1, 0.15) is 0 Å². The first kappa shape index (κ1) is 16.6. The van der Waals surface area contributed by atoms with Crippen LogP contribution in [0.5, 0.6) is 0 Å². The van der Waals surface area contributed by atoms with Gasteiger partial charge in [-0.15, -0.1) is 0 Å². The van der Waals surface area contributed by atoms with E-state index in [1.807, 2.05) is 6.92 Å². The molecule has 0 amide bonds. The summed E-state index contributed by atoms with van der Waals surface area (Å²) in [6.07, 6.45) is 1.74. The second-order valence-corrected chi connectivity index (χ2v) is 8.17. The lowest BCUT2D eigenvalue weighted by Gasteiger charge is -2.14. The van der Waals surface area contributed by atoms with Crippen LogP contribution in [-0.4, -0.2) is 19.8 Å². The van der Waals surface area contributed by atoms with Crippen molar-refractivity contribution in [1.29, 1.82) is 0 Å². The van der Waals surface area contributed by atoms with Crippen LogP contribution in [0, 0.1) is 0 Å². The van der Waals surface area contributed by atoms with Crippen molar-refractivity contribution in [3.05, 3.63) is 27.1 Å². The molecule has 1 aromatic carbocycles. The Balaban J connectivity index is 2.89. The van der Waals surface area contributed by atoms with E-state index in [1.54, 1.807) is 18.2 Å². The summed E-state index contributed by atoms with van der Waals surface area (Å²) in [4.78, 5) is 0.252. The maximum Gasteiger partial charge on any atom is 0.241 e. The summed E-state index contributed by atoms with van der Waals surface area (Å²) in [6.45, 7) is 1.87. The Hall–Kier alpha value is 0.570. The summed E-state index contributed by atoms with van der Waals surface area (Å²) in [6, 6.07) is 5.00. The fraction of sp³-hybridized carbons (Fsp3) is 0.455. The molecular formula is C11H14Br3NO2S. The van der Waals surface area contributed by atoms with Gasteiger partial charge in [0.05, 0.1) is 4.90 Å². The quantitative estimate of drug-likeness (QED) is 0.647. The van der Waals surface area contributed by atoms with Gasteiger partial charge in [-0.25, -0.2) is 13.1 Å². The first-order valence-electron chi connectivity index (χ1n) is 5.40. The normalized spacial score (nSPS) is 13.6. The number of halogens is 3. The third-order valence-corrected chi connectivity index (χ3v) is 5.95. The number of alkyl halides is 1. The molecule has 1 N–H and O–H groups in total. The van der Waals surface area contributed by atoms with E-state index >= 15 is 0 Å². The smallest absolute Gasteiger partial charge is 0.208 e. The fourth-order valence-electron chi connectivity index (χ4n) is 1.45. The van der Waals surface area contributed by atoms with Gasteiger partial charge in [0, 0.05) is 20.3 Å². The highest BCUT2D eigenvalue weighted by atomic mass is 79.9. The Morgan fingerprint density at radius 2 is 2.00 bits per heavy atom. The number of hydrogen-bond acceptors (Lipinski definition) is 2. The summed E-state index contributed by atoms with van der Waals surface area (Å²) in [5, 5.41) is 0.875. The minimum absolute atomic E-state index is 0.0848.